The van der Waals surface area contributed by atoms with E-state index in [2.05, 4.69) is 18.3 Å². The minimum atomic E-state index is -1.53. The molecular formula is C30H57NO8. The van der Waals surface area contributed by atoms with E-state index in [0.717, 1.165) is 25.7 Å². The van der Waals surface area contributed by atoms with Crippen LogP contribution in [0.15, 0.2) is 12.2 Å². The summed E-state index contributed by atoms with van der Waals surface area (Å²) in [5.74, 6) is -0.125. The number of hydrogen-bond donors (Lipinski definition) is 5. The number of rotatable bonds is 23. The molecule has 1 fully saturated rings. The van der Waals surface area contributed by atoms with Crippen LogP contribution in [0.3, 0.4) is 0 Å². The van der Waals surface area contributed by atoms with Crippen molar-refractivity contribution in [3.05, 3.63) is 12.2 Å². The van der Waals surface area contributed by atoms with Crippen molar-refractivity contribution >= 4 is 5.91 Å². The van der Waals surface area contributed by atoms with E-state index < -0.39 is 49.5 Å². The van der Waals surface area contributed by atoms with E-state index in [1.54, 1.807) is 7.11 Å². The minimum absolute atomic E-state index is 0.0537. The van der Waals surface area contributed by atoms with Crippen molar-refractivity contribution in [2.24, 2.45) is 0 Å². The molecule has 0 bridgehead atoms. The van der Waals surface area contributed by atoms with Crippen LogP contribution in [0.25, 0.3) is 0 Å². The average molecular weight is 560 g/mol. The number of unbranched alkanes of at least 4 members (excludes halogenated alkanes) is 12. The van der Waals surface area contributed by atoms with Crippen molar-refractivity contribution in [3.63, 3.8) is 0 Å². The molecule has 5 unspecified atom stereocenters. The quantitative estimate of drug-likeness (QED) is 0.0943. The van der Waals surface area contributed by atoms with Crippen molar-refractivity contribution in [1.82, 2.24) is 5.32 Å². The van der Waals surface area contributed by atoms with Crippen LogP contribution in [-0.4, -0.2) is 89.5 Å². The summed E-state index contributed by atoms with van der Waals surface area (Å²) in [7, 11) is 1.57. The molecule has 0 spiro atoms. The van der Waals surface area contributed by atoms with E-state index in [1.807, 2.05) is 13.0 Å². The Labute approximate surface area is 236 Å². The summed E-state index contributed by atoms with van der Waals surface area (Å²) in [4.78, 5) is 12.5. The zero-order valence-electron chi connectivity index (χ0n) is 24.6. The van der Waals surface area contributed by atoms with Gasteiger partial charge in [0.1, 0.15) is 24.4 Å². The van der Waals surface area contributed by atoms with Crippen molar-refractivity contribution in [1.29, 1.82) is 0 Å². The van der Waals surface area contributed by atoms with Gasteiger partial charge in [-0.1, -0.05) is 96.6 Å². The zero-order valence-corrected chi connectivity index (χ0v) is 24.6. The maximum Gasteiger partial charge on any atom is 0.220 e. The second-order valence-electron chi connectivity index (χ2n) is 10.8. The van der Waals surface area contributed by atoms with Gasteiger partial charge >= 0.3 is 0 Å². The van der Waals surface area contributed by atoms with E-state index in [4.69, 9.17) is 14.2 Å². The highest BCUT2D eigenvalue weighted by molar-refractivity contribution is 5.76. The molecule has 1 aliphatic heterocycles. The van der Waals surface area contributed by atoms with Gasteiger partial charge in [0.2, 0.25) is 5.91 Å². The van der Waals surface area contributed by atoms with Crippen LogP contribution in [0.2, 0.25) is 0 Å². The highest BCUT2D eigenvalue weighted by Gasteiger charge is 2.44. The maximum absolute atomic E-state index is 12.5. The van der Waals surface area contributed by atoms with Crippen molar-refractivity contribution < 1.29 is 39.4 Å². The first-order valence-corrected chi connectivity index (χ1v) is 15.3. The van der Waals surface area contributed by atoms with Crippen LogP contribution >= 0.6 is 0 Å². The molecule has 0 aromatic carbocycles. The Morgan fingerprint density at radius 3 is 2.03 bits per heavy atom. The highest BCUT2D eigenvalue weighted by Crippen LogP contribution is 2.22. The number of aliphatic hydroxyl groups is 4. The van der Waals surface area contributed by atoms with Gasteiger partial charge in [-0.25, -0.2) is 0 Å². The summed E-state index contributed by atoms with van der Waals surface area (Å²) >= 11 is 0. The molecule has 0 radical (unpaired) electrons. The molecular weight excluding hydrogens is 502 g/mol. The fraction of sp³-hybridized carbons (Fsp3) is 0.900. The Morgan fingerprint density at radius 1 is 0.872 bits per heavy atom. The van der Waals surface area contributed by atoms with Gasteiger partial charge in [-0.2, -0.15) is 0 Å². The molecule has 7 atom stereocenters. The Kier molecular flexibility index (Phi) is 20.8. The molecule has 9 nitrogen and oxygen atoms in total. The van der Waals surface area contributed by atoms with Gasteiger partial charge in [-0.3, -0.25) is 4.79 Å². The van der Waals surface area contributed by atoms with Gasteiger partial charge in [-0.15, -0.1) is 0 Å². The van der Waals surface area contributed by atoms with Gasteiger partial charge in [-0.05, 0) is 19.3 Å². The lowest BCUT2D eigenvalue weighted by Crippen LogP contribution is -2.60. The predicted molar refractivity (Wildman–Crippen MR) is 152 cm³/mol. The van der Waals surface area contributed by atoms with E-state index in [1.165, 1.54) is 64.2 Å². The number of ether oxygens (including phenoxy) is 3. The summed E-state index contributed by atoms with van der Waals surface area (Å²) in [5, 5.41) is 42.7. The van der Waals surface area contributed by atoms with E-state index in [0.29, 0.717) is 6.42 Å². The normalized spacial score (nSPS) is 25.2. The molecule has 0 aromatic heterocycles. The summed E-state index contributed by atoms with van der Waals surface area (Å²) in [6.45, 7) is 3.67. The zero-order chi connectivity index (χ0) is 28.9. The molecule has 39 heavy (non-hydrogen) atoms. The summed E-state index contributed by atoms with van der Waals surface area (Å²) in [6.07, 6.45) is 13.9. The fourth-order valence-electron chi connectivity index (χ4n) is 4.77. The third-order valence-corrected chi connectivity index (χ3v) is 7.36. The van der Waals surface area contributed by atoms with Crippen LogP contribution in [0.5, 0.6) is 0 Å². The first kappa shape index (κ1) is 36.0. The summed E-state index contributed by atoms with van der Waals surface area (Å²) in [5.41, 5.74) is 0. The summed E-state index contributed by atoms with van der Waals surface area (Å²) < 4.78 is 16.8. The number of nitrogens with one attached hydrogen (secondary N) is 1. The van der Waals surface area contributed by atoms with Gasteiger partial charge in [0.25, 0.3) is 0 Å². The van der Waals surface area contributed by atoms with Crippen LogP contribution in [0.1, 0.15) is 110 Å². The average Bonchev–Trinajstić information content (AvgIpc) is 2.94. The lowest BCUT2D eigenvalue weighted by molar-refractivity contribution is -0.302. The second-order valence-corrected chi connectivity index (χ2v) is 10.8. The number of amides is 1. The number of methoxy groups -OCH3 is 1. The smallest absolute Gasteiger partial charge is 0.220 e. The van der Waals surface area contributed by atoms with Crippen LogP contribution < -0.4 is 5.32 Å². The van der Waals surface area contributed by atoms with Crippen molar-refractivity contribution in [2.75, 3.05) is 20.3 Å². The molecule has 5 N–H and O–H groups in total. The molecule has 0 aromatic rings. The SMILES string of the molecule is CCCCCCCCCCCCC/C=C/[C@@H](OC)[C@H](COC1OC(CO)C(O)C(O)C1O)NC(=O)CCCC. The third-order valence-electron chi connectivity index (χ3n) is 7.36. The van der Waals surface area contributed by atoms with Crippen molar-refractivity contribution in [2.45, 2.75) is 153 Å². The Morgan fingerprint density at radius 2 is 1.46 bits per heavy atom. The van der Waals surface area contributed by atoms with E-state index in [-0.39, 0.29) is 12.5 Å². The van der Waals surface area contributed by atoms with Crippen LogP contribution in [0.4, 0.5) is 0 Å². The molecule has 9 heteroatoms. The first-order valence-electron chi connectivity index (χ1n) is 15.3. The Hall–Kier alpha value is -1.07. The maximum atomic E-state index is 12.5. The van der Waals surface area contributed by atoms with Crippen molar-refractivity contribution in [3.8, 4) is 0 Å². The van der Waals surface area contributed by atoms with Crippen LogP contribution in [0, 0.1) is 0 Å². The third kappa shape index (κ3) is 14.9. The van der Waals surface area contributed by atoms with E-state index in [9.17, 15) is 25.2 Å². The van der Waals surface area contributed by atoms with E-state index >= 15 is 0 Å². The number of carbonyl (C=O) groups excluding carboxylic acids is 1. The topological polar surface area (TPSA) is 138 Å². The molecule has 0 aliphatic carbocycles. The Balaban J connectivity index is 2.53. The van der Waals surface area contributed by atoms with Gasteiger partial charge < -0.3 is 40.0 Å². The number of hydrogen-bond acceptors (Lipinski definition) is 8. The molecule has 230 valence electrons. The lowest BCUT2D eigenvalue weighted by Gasteiger charge is -2.40. The first-order chi connectivity index (χ1) is 18.9. The largest absolute Gasteiger partial charge is 0.394 e. The van der Waals surface area contributed by atoms with Gasteiger partial charge in [0.15, 0.2) is 6.29 Å². The highest BCUT2D eigenvalue weighted by atomic mass is 16.7. The number of aliphatic hydroxyl groups excluding tert-OH is 4. The molecule has 1 saturated heterocycles. The van der Waals surface area contributed by atoms with Crippen LogP contribution in [-0.2, 0) is 19.0 Å². The minimum Gasteiger partial charge on any atom is -0.394 e. The lowest BCUT2D eigenvalue weighted by atomic mass is 9.99. The molecule has 1 rings (SSSR count). The Bertz CT molecular complexity index is 632. The summed E-state index contributed by atoms with van der Waals surface area (Å²) in [6, 6.07) is -0.555. The molecule has 1 amide bonds. The fourth-order valence-corrected chi connectivity index (χ4v) is 4.77. The van der Waals surface area contributed by atoms with Gasteiger partial charge in [0.05, 0.1) is 25.4 Å². The standard InChI is InChI=1S/C30H57NO8/c1-4-6-8-9-10-11-12-13-14-15-16-17-18-19-24(37-3)23(31-26(33)20-7-5-2)22-38-30-29(36)28(35)27(34)25(21-32)39-30/h18-19,23-25,27-30,32,34-36H,4-17,20-22H2,1-3H3,(H,31,33)/b19-18+/t23-,24+,25?,27?,28?,29?,30?/m0/s1. The monoisotopic (exact) mass is 559 g/mol. The number of allylic oxidation sites excluding steroid dienone is 1. The number of carbonyl (C=O) groups is 1. The molecule has 0 saturated carbocycles. The second kappa shape index (κ2) is 22.6. The molecule has 1 heterocycles. The predicted octanol–water partition coefficient (Wildman–Crippen LogP) is 3.75. The molecule has 1 aliphatic rings. The van der Waals surface area contributed by atoms with Gasteiger partial charge in [0, 0.05) is 13.5 Å².